The highest BCUT2D eigenvalue weighted by molar-refractivity contribution is 7.99. The van der Waals surface area contributed by atoms with E-state index in [9.17, 15) is 4.79 Å². The predicted molar refractivity (Wildman–Crippen MR) is 91.0 cm³/mol. The minimum atomic E-state index is -0.0108. The van der Waals surface area contributed by atoms with Gasteiger partial charge in [0.1, 0.15) is 0 Å². The number of rotatable bonds is 5. The highest BCUT2D eigenvalue weighted by Crippen LogP contribution is 2.24. The normalized spacial score (nSPS) is 10.4. The summed E-state index contributed by atoms with van der Waals surface area (Å²) in [5.41, 5.74) is 8.03. The predicted octanol–water partition coefficient (Wildman–Crippen LogP) is 4.35. The molecule has 0 bridgehead atoms. The molecule has 2 rings (SSSR count). The van der Waals surface area contributed by atoms with Gasteiger partial charge in [0.05, 0.1) is 0 Å². The Morgan fingerprint density at radius 1 is 1.24 bits per heavy atom. The Morgan fingerprint density at radius 3 is 2.67 bits per heavy atom. The molecule has 21 heavy (non-hydrogen) atoms. The zero-order valence-electron chi connectivity index (χ0n) is 11.7. The van der Waals surface area contributed by atoms with E-state index >= 15 is 0 Å². The number of thioether (sulfide) groups is 1. The van der Waals surface area contributed by atoms with Crippen LogP contribution in [0.3, 0.4) is 0 Å². The fourth-order valence-corrected chi connectivity index (χ4v) is 2.81. The molecule has 0 spiro atoms. The summed E-state index contributed by atoms with van der Waals surface area (Å²) in [5, 5.41) is 3.55. The molecule has 0 fully saturated rings. The smallest absolute Gasteiger partial charge is 0.225 e. The highest BCUT2D eigenvalue weighted by atomic mass is 35.5. The number of nitrogens with two attached hydrogens (primary N) is 1. The first kappa shape index (κ1) is 15.7. The van der Waals surface area contributed by atoms with Gasteiger partial charge in [0, 0.05) is 33.5 Å². The van der Waals surface area contributed by atoms with Crippen molar-refractivity contribution in [2.75, 3.05) is 16.8 Å². The van der Waals surface area contributed by atoms with E-state index in [2.05, 4.69) is 5.32 Å². The molecule has 3 N–H and O–H groups in total. The number of halogens is 1. The van der Waals surface area contributed by atoms with Gasteiger partial charge >= 0.3 is 0 Å². The van der Waals surface area contributed by atoms with Crippen LogP contribution in [-0.4, -0.2) is 11.7 Å². The topological polar surface area (TPSA) is 55.1 Å². The van der Waals surface area contributed by atoms with Crippen LogP contribution in [0.25, 0.3) is 0 Å². The average Bonchev–Trinajstić information content (AvgIpc) is 2.46. The van der Waals surface area contributed by atoms with Crippen molar-refractivity contribution in [1.82, 2.24) is 0 Å². The van der Waals surface area contributed by atoms with E-state index in [4.69, 9.17) is 17.3 Å². The van der Waals surface area contributed by atoms with E-state index in [0.717, 1.165) is 27.6 Å². The van der Waals surface area contributed by atoms with Crippen LogP contribution in [0.2, 0.25) is 5.02 Å². The maximum Gasteiger partial charge on any atom is 0.225 e. The third kappa shape index (κ3) is 4.69. The molecule has 0 aromatic heterocycles. The lowest BCUT2D eigenvalue weighted by Gasteiger charge is -2.09. The van der Waals surface area contributed by atoms with Crippen molar-refractivity contribution in [3.8, 4) is 0 Å². The van der Waals surface area contributed by atoms with Crippen molar-refractivity contribution >= 4 is 40.6 Å². The highest BCUT2D eigenvalue weighted by Gasteiger charge is 2.07. The molecule has 0 heterocycles. The van der Waals surface area contributed by atoms with Crippen molar-refractivity contribution in [3.05, 3.63) is 53.1 Å². The number of carbonyl (C=O) groups excluding carboxylic acids is 1. The van der Waals surface area contributed by atoms with Crippen molar-refractivity contribution < 1.29 is 4.79 Å². The first-order chi connectivity index (χ1) is 10.1. The number of amides is 1. The van der Waals surface area contributed by atoms with E-state index < -0.39 is 0 Å². The van der Waals surface area contributed by atoms with Crippen LogP contribution >= 0.6 is 23.4 Å². The minimum Gasteiger partial charge on any atom is -0.399 e. The van der Waals surface area contributed by atoms with Gasteiger partial charge in [-0.05, 0) is 48.9 Å². The number of benzene rings is 2. The van der Waals surface area contributed by atoms with Crippen LogP contribution in [0.5, 0.6) is 0 Å². The summed E-state index contributed by atoms with van der Waals surface area (Å²) in [4.78, 5) is 13.0. The maximum atomic E-state index is 11.9. The molecular weight excluding hydrogens is 304 g/mol. The van der Waals surface area contributed by atoms with E-state index in [0.29, 0.717) is 11.4 Å². The number of nitrogen functional groups attached to an aromatic ring is 1. The van der Waals surface area contributed by atoms with Crippen molar-refractivity contribution in [2.24, 2.45) is 0 Å². The molecule has 0 radical (unpaired) electrons. The molecule has 0 aliphatic carbocycles. The summed E-state index contributed by atoms with van der Waals surface area (Å²) in [5.74, 6) is 0.707. The number of anilines is 2. The van der Waals surface area contributed by atoms with Gasteiger partial charge in [-0.3, -0.25) is 4.79 Å². The third-order valence-electron chi connectivity index (χ3n) is 3.02. The van der Waals surface area contributed by atoms with Crippen molar-refractivity contribution in [3.63, 3.8) is 0 Å². The summed E-state index contributed by atoms with van der Waals surface area (Å²) in [6.07, 6.45) is 0.445. The Morgan fingerprint density at radius 2 is 1.95 bits per heavy atom. The lowest BCUT2D eigenvalue weighted by atomic mass is 10.2. The van der Waals surface area contributed by atoms with Crippen molar-refractivity contribution in [2.45, 2.75) is 18.2 Å². The molecule has 0 aliphatic heterocycles. The summed E-state index contributed by atoms with van der Waals surface area (Å²) in [6, 6.07) is 13.1. The minimum absolute atomic E-state index is 0.0108. The first-order valence-electron chi connectivity index (χ1n) is 6.59. The van der Waals surface area contributed by atoms with Gasteiger partial charge in [-0.15, -0.1) is 11.8 Å². The Labute approximate surface area is 133 Å². The molecule has 0 unspecified atom stereocenters. The van der Waals surface area contributed by atoms with E-state index in [1.807, 2.05) is 49.4 Å². The number of hydrogen-bond acceptors (Lipinski definition) is 3. The molecule has 0 saturated carbocycles. The van der Waals surface area contributed by atoms with Gasteiger partial charge in [0.25, 0.3) is 0 Å². The Bertz CT molecular complexity index is 629. The zero-order valence-corrected chi connectivity index (χ0v) is 13.3. The Kier molecular flexibility index (Phi) is 5.53. The Hall–Kier alpha value is -1.65. The summed E-state index contributed by atoms with van der Waals surface area (Å²) < 4.78 is 0. The Balaban J connectivity index is 1.82. The summed E-state index contributed by atoms with van der Waals surface area (Å²) >= 11 is 7.66. The maximum absolute atomic E-state index is 11.9. The molecule has 0 atom stereocenters. The standard InChI is InChI=1S/C16H17ClN2OS/c1-11-14(17)3-2-4-15(11)19-16(20)9-10-21-13-7-5-12(18)6-8-13/h2-8H,9-10,18H2,1H3,(H,19,20). The van der Waals surface area contributed by atoms with Gasteiger partial charge < -0.3 is 11.1 Å². The second kappa shape index (κ2) is 7.38. The number of hydrogen-bond donors (Lipinski definition) is 2. The molecular formula is C16H17ClN2OS. The fourth-order valence-electron chi connectivity index (χ4n) is 1.78. The second-order valence-electron chi connectivity index (χ2n) is 4.63. The second-order valence-corrected chi connectivity index (χ2v) is 6.20. The molecule has 2 aromatic carbocycles. The van der Waals surface area contributed by atoms with Crippen LogP contribution in [0.4, 0.5) is 11.4 Å². The van der Waals surface area contributed by atoms with Gasteiger partial charge in [0.2, 0.25) is 5.91 Å². The molecule has 110 valence electrons. The van der Waals surface area contributed by atoms with Crippen LogP contribution in [0.1, 0.15) is 12.0 Å². The largest absolute Gasteiger partial charge is 0.399 e. The van der Waals surface area contributed by atoms with Gasteiger partial charge in [-0.2, -0.15) is 0 Å². The SMILES string of the molecule is Cc1c(Cl)cccc1NC(=O)CCSc1ccc(N)cc1. The lowest BCUT2D eigenvalue weighted by molar-refractivity contribution is -0.115. The van der Waals surface area contributed by atoms with E-state index in [1.165, 1.54) is 0 Å². The molecule has 3 nitrogen and oxygen atoms in total. The van der Waals surface area contributed by atoms with Gasteiger partial charge in [-0.25, -0.2) is 0 Å². The number of nitrogens with one attached hydrogen (secondary N) is 1. The third-order valence-corrected chi connectivity index (χ3v) is 4.44. The molecule has 2 aromatic rings. The van der Waals surface area contributed by atoms with Gasteiger partial charge in [-0.1, -0.05) is 17.7 Å². The van der Waals surface area contributed by atoms with Crippen LogP contribution < -0.4 is 11.1 Å². The first-order valence-corrected chi connectivity index (χ1v) is 7.96. The quantitative estimate of drug-likeness (QED) is 0.636. The monoisotopic (exact) mass is 320 g/mol. The zero-order chi connectivity index (χ0) is 15.2. The summed E-state index contributed by atoms with van der Waals surface area (Å²) in [7, 11) is 0. The molecule has 0 aliphatic rings. The van der Waals surface area contributed by atoms with Crippen LogP contribution in [0.15, 0.2) is 47.4 Å². The fraction of sp³-hybridized carbons (Fsp3) is 0.188. The van der Waals surface area contributed by atoms with E-state index in [1.54, 1.807) is 11.8 Å². The molecule has 1 amide bonds. The van der Waals surface area contributed by atoms with E-state index in [-0.39, 0.29) is 5.91 Å². The molecule has 5 heteroatoms. The van der Waals surface area contributed by atoms with Gasteiger partial charge in [0.15, 0.2) is 0 Å². The van der Waals surface area contributed by atoms with Crippen LogP contribution in [-0.2, 0) is 4.79 Å². The van der Waals surface area contributed by atoms with Crippen molar-refractivity contribution in [1.29, 1.82) is 0 Å². The molecule has 0 saturated heterocycles. The number of carbonyl (C=O) groups is 1. The lowest BCUT2D eigenvalue weighted by Crippen LogP contribution is -2.13. The average molecular weight is 321 g/mol. The van der Waals surface area contributed by atoms with Crippen LogP contribution in [0, 0.1) is 6.92 Å². The summed E-state index contributed by atoms with van der Waals surface area (Å²) in [6.45, 7) is 1.89.